The highest BCUT2D eigenvalue weighted by Crippen LogP contribution is 2.41. The molecule has 0 saturated heterocycles. The van der Waals surface area contributed by atoms with Crippen LogP contribution in [0.5, 0.6) is 0 Å². The maximum Gasteiger partial charge on any atom is 0.238 e. The quantitative estimate of drug-likeness (QED) is 0.176. The van der Waals surface area contributed by atoms with E-state index in [-0.39, 0.29) is 0 Å². The number of aromatic nitrogens is 4. The van der Waals surface area contributed by atoms with Crippen molar-refractivity contribution in [3.8, 4) is 51.0 Å². The summed E-state index contributed by atoms with van der Waals surface area (Å²) in [6.07, 6.45) is 0. The Morgan fingerprint density at radius 3 is 1.86 bits per heavy atom. The third kappa shape index (κ3) is 4.94. The molecule has 0 atom stereocenters. The molecule has 6 nitrogen and oxygen atoms in total. The minimum atomic E-state index is 0.515. The molecule has 6 heteroatoms. The van der Waals surface area contributed by atoms with Crippen LogP contribution in [0.4, 0.5) is 0 Å². The summed E-state index contributed by atoms with van der Waals surface area (Å²) in [6.45, 7) is 0. The number of furan rings is 2. The molecule has 8 aromatic carbocycles. The number of hydrogen-bond acceptors (Lipinski definition) is 5. The van der Waals surface area contributed by atoms with Crippen molar-refractivity contribution in [2.24, 2.45) is 0 Å². The van der Waals surface area contributed by atoms with E-state index in [1.807, 2.05) is 60.7 Å². The van der Waals surface area contributed by atoms with Crippen LogP contribution in [-0.2, 0) is 0 Å². The van der Waals surface area contributed by atoms with Gasteiger partial charge >= 0.3 is 0 Å². The summed E-state index contributed by atoms with van der Waals surface area (Å²) in [5.74, 6) is 1.67. The Kier molecular flexibility index (Phi) is 6.83. The van der Waals surface area contributed by atoms with Crippen LogP contribution < -0.4 is 0 Å². The molecule has 57 heavy (non-hydrogen) atoms. The Bertz CT molecular complexity index is 3530. The molecule has 4 aromatic heterocycles. The lowest BCUT2D eigenvalue weighted by Gasteiger charge is -2.12. The van der Waals surface area contributed by atoms with Crippen molar-refractivity contribution in [3.05, 3.63) is 182 Å². The minimum Gasteiger partial charge on any atom is -0.456 e. The van der Waals surface area contributed by atoms with Crippen LogP contribution in [0.2, 0.25) is 0 Å². The SMILES string of the molecule is c1ccc(-c2nc(-c3cccc(-c4ccc5c(c4)oc4cccc(-c6ccccc6)c45)c3)nc(-n3c4ccccc4c4ccc5c6ccccc6oc5c43)n2)cc1. The zero-order valence-corrected chi connectivity index (χ0v) is 30.4. The van der Waals surface area contributed by atoms with E-state index in [4.69, 9.17) is 23.8 Å². The van der Waals surface area contributed by atoms with E-state index in [1.54, 1.807) is 0 Å². The van der Waals surface area contributed by atoms with Crippen LogP contribution in [-0.4, -0.2) is 19.5 Å². The third-order valence-corrected chi connectivity index (χ3v) is 11.1. The molecule has 0 amide bonds. The van der Waals surface area contributed by atoms with Gasteiger partial charge in [0.2, 0.25) is 5.95 Å². The fourth-order valence-corrected chi connectivity index (χ4v) is 8.45. The standard InChI is InChI=1S/C51H30N4O2/c1-3-13-31(14-4-1)36-21-12-24-44-46(36)41-26-25-34(30-45(41)56-44)33-17-11-18-35(29-33)50-52-49(32-15-5-2-6-16-32)53-51(54-50)55-42-22-9-7-19-37(42)39-27-28-40-38-20-8-10-23-43(38)57-48(40)47(39)55/h1-30H. The molecule has 0 aliphatic heterocycles. The molecular formula is C51H30N4O2. The van der Waals surface area contributed by atoms with E-state index in [9.17, 15) is 0 Å². The van der Waals surface area contributed by atoms with Crippen LogP contribution >= 0.6 is 0 Å². The smallest absolute Gasteiger partial charge is 0.238 e. The van der Waals surface area contributed by atoms with Crippen molar-refractivity contribution < 1.29 is 8.83 Å². The number of hydrogen-bond donors (Lipinski definition) is 0. The number of rotatable bonds is 5. The molecule has 0 fully saturated rings. The summed E-state index contributed by atoms with van der Waals surface area (Å²) < 4.78 is 15.3. The lowest BCUT2D eigenvalue weighted by Crippen LogP contribution is -2.06. The fraction of sp³-hybridized carbons (Fsp3) is 0. The van der Waals surface area contributed by atoms with Gasteiger partial charge in [-0.25, -0.2) is 4.98 Å². The molecule has 0 radical (unpaired) electrons. The summed E-state index contributed by atoms with van der Waals surface area (Å²) >= 11 is 0. The van der Waals surface area contributed by atoms with Crippen LogP contribution in [0.3, 0.4) is 0 Å². The largest absolute Gasteiger partial charge is 0.456 e. The summed E-state index contributed by atoms with van der Waals surface area (Å²) in [4.78, 5) is 15.6. The maximum absolute atomic E-state index is 6.63. The minimum absolute atomic E-state index is 0.515. The van der Waals surface area contributed by atoms with Crippen molar-refractivity contribution in [3.63, 3.8) is 0 Å². The van der Waals surface area contributed by atoms with E-state index in [2.05, 4.69) is 126 Å². The summed E-state index contributed by atoms with van der Waals surface area (Å²) in [6, 6.07) is 62.6. The first-order valence-corrected chi connectivity index (χ1v) is 19.0. The van der Waals surface area contributed by atoms with Crippen molar-refractivity contribution in [2.45, 2.75) is 0 Å². The van der Waals surface area contributed by atoms with Gasteiger partial charge in [0.05, 0.1) is 5.52 Å². The topological polar surface area (TPSA) is 69.9 Å². The first kappa shape index (κ1) is 31.5. The molecule has 4 heterocycles. The fourth-order valence-electron chi connectivity index (χ4n) is 8.45. The molecule has 12 aromatic rings. The Hall–Kier alpha value is -7.83. The molecule has 0 unspecified atom stereocenters. The zero-order chi connectivity index (χ0) is 37.5. The van der Waals surface area contributed by atoms with Gasteiger partial charge in [-0.2, -0.15) is 9.97 Å². The van der Waals surface area contributed by atoms with Crippen LogP contribution in [0, 0.1) is 0 Å². The van der Waals surface area contributed by atoms with Crippen LogP contribution in [0.15, 0.2) is 191 Å². The van der Waals surface area contributed by atoms with Crippen LogP contribution in [0.1, 0.15) is 0 Å². The van der Waals surface area contributed by atoms with E-state index < -0.39 is 0 Å². The third-order valence-electron chi connectivity index (χ3n) is 11.1. The molecule has 0 saturated carbocycles. The van der Waals surface area contributed by atoms with Crippen molar-refractivity contribution in [1.29, 1.82) is 0 Å². The van der Waals surface area contributed by atoms with Gasteiger partial charge in [0.25, 0.3) is 0 Å². The second-order valence-electron chi connectivity index (χ2n) is 14.4. The molecule has 0 aliphatic rings. The Morgan fingerprint density at radius 2 is 1.00 bits per heavy atom. The van der Waals surface area contributed by atoms with Gasteiger partial charge in [0, 0.05) is 43.4 Å². The van der Waals surface area contributed by atoms with E-state index in [1.165, 1.54) is 0 Å². The normalized spacial score (nSPS) is 11.9. The van der Waals surface area contributed by atoms with Gasteiger partial charge < -0.3 is 8.83 Å². The van der Waals surface area contributed by atoms with Crippen molar-refractivity contribution in [1.82, 2.24) is 19.5 Å². The second-order valence-corrected chi connectivity index (χ2v) is 14.4. The number of nitrogens with zero attached hydrogens (tertiary/aromatic N) is 4. The highest BCUT2D eigenvalue weighted by Gasteiger charge is 2.22. The van der Waals surface area contributed by atoms with Gasteiger partial charge in [-0.3, -0.25) is 4.57 Å². The molecule has 12 rings (SSSR count). The molecule has 0 spiro atoms. The highest BCUT2D eigenvalue weighted by atomic mass is 16.3. The molecular weight excluding hydrogens is 701 g/mol. The van der Waals surface area contributed by atoms with Crippen LogP contribution in [0.25, 0.3) is 117 Å². The van der Waals surface area contributed by atoms with Gasteiger partial charge in [-0.1, -0.05) is 140 Å². The number of fused-ring (bicyclic) bond motifs is 10. The molecule has 266 valence electrons. The van der Waals surface area contributed by atoms with Crippen molar-refractivity contribution >= 4 is 65.7 Å². The highest BCUT2D eigenvalue weighted by molar-refractivity contribution is 6.21. The summed E-state index contributed by atoms with van der Waals surface area (Å²) in [5.41, 5.74) is 11.4. The Labute approximate surface area is 325 Å². The first-order valence-electron chi connectivity index (χ1n) is 19.0. The van der Waals surface area contributed by atoms with Crippen molar-refractivity contribution in [2.75, 3.05) is 0 Å². The van der Waals surface area contributed by atoms with Gasteiger partial charge in [-0.15, -0.1) is 0 Å². The molecule has 0 aliphatic carbocycles. The summed E-state index contributed by atoms with van der Waals surface area (Å²) in [7, 11) is 0. The average Bonchev–Trinajstić information content (AvgIpc) is 3.96. The first-order chi connectivity index (χ1) is 28.2. The van der Waals surface area contributed by atoms with E-state index in [0.717, 1.165) is 99.1 Å². The monoisotopic (exact) mass is 730 g/mol. The predicted molar refractivity (Wildman–Crippen MR) is 230 cm³/mol. The average molecular weight is 731 g/mol. The maximum atomic E-state index is 6.63. The molecule has 0 N–H and O–H groups in total. The second kappa shape index (κ2) is 12.3. The summed E-state index contributed by atoms with van der Waals surface area (Å²) in [5, 5.41) is 6.49. The Balaban J connectivity index is 1.05. The Morgan fingerprint density at radius 1 is 0.368 bits per heavy atom. The predicted octanol–water partition coefficient (Wildman–Crippen LogP) is 13.4. The molecule has 0 bridgehead atoms. The van der Waals surface area contributed by atoms with Gasteiger partial charge in [0.1, 0.15) is 22.3 Å². The number of para-hydroxylation sites is 2. The van der Waals surface area contributed by atoms with E-state index in [0.29, 0.717) is 17.6 Å². The zero-order valence-electron chi connectivity index (χ0n) is 30.4. The number of benzene rings is 8. The van der Waals surface area contributed by atoms with E-state index >= 15 is 0 Å². The van der Waals surface area contributed by atoms with Gasteiger partial charge in [-0.05, 0) is 64.7 Å². The lowest BCUT2D eigenvalue weighted by molar-refractivity contribution is 0.669. The lowest BCUT2D eigenvalue weighted by atomic mass is 9.97. The van der Waals surface area contributed by atoms with Gasteiger partial charge in [0.15, 0.2) is 17.2 Å².